The van der Waals surface area contributed by atoms with Gasteiger partial charge in [-0.25, -0.2) is 9.67 Å². The van der Waals surface area contributed by atoms with E-state index in [0.29, 0.717) is 18.2 Å². The van der Waals surface area contributed by atoms with Crippen molar-refractivity contribution in [1.29, 1.82) is 0 Å². The van der Waals surface area contributed by atoms with Crippen LogP contribution in [-0.2, 0) is 17.9 Å². The van der Waals surface area contributed by atoms with Crippen LogP contribution in [0.4, 0.5) is 0 Å². The van der Waals surface area contributed by atoms with E-state index in [0.717, 1.165) is 23.3 Å². The number of thioether (sulfide) groups is 1. The Morgan fingerprint density at radius 1 is 1.25 bits per heavy atom. The molecule has 1 atom stereocenters. The minimum absolute atomic E-state index is 0.0701. The Bertz CT molecular complexity index is 702. The van der Waals surface area contributed by atoms with Crippen LogP contribution in [0.1, 0.15) is 17.5 Å². The van der Waals surface area contributed by atoms with Crippen LogP contribution in [0.15, 0.2) is 36.9 Å². The lowest BCUT2D eigenvalue weighted by Crippen LogP contribution is -2.31. The molecule has 6 nitrogen and oxygen atoms in total. The van der Waals surface area contributed by atoms with Crippen molar-refractivity contribution in [1.82, 2.24) is 25.0 Å². The molecule has 24 heavy (non-hydrogen) atoms. The summed E-state index contributed by atoms with van der Waals surface area (Å²) < 4.78 is 1.77. The maximum atomic E-state index is 12.5. The highest BCUT2D eigenvalue weighted by Gasteiger charge is 2.34. The third kappa shape index (κ3) is 3.93. The number of nitrogens with one attached hydrogen (secondary N) is 1. The summed E-state index contributed by atoms with van der Waals surface area (Å²) in [5.41, 5.74) is 2.19. The van der Waals surface area contributed by atoms with Crippen LogP contribution in [0.2, 0.25) is 0 Å². The molecule has 1 fully saturated rings. The molecular weight excluding hydrogens is 342 g/mol. The standard InChI is InChI=1S/C16H19N5OS2/c1-24-7-6-14-15(22)21(16(23)19-14)9-13-4-2-12(3-5-13)8-20-11-17-10-18-20/h2-5,10-11,14H,6-9H2,1H3,(H,19,23)/t14-/m1/s1. The van der Waals surface area contributed by atoms with E-state index in [1.807, 2.05) is 30.5 Å². The van der Waals surface area contributed by atoms with E-state index in [9.17, 15) is 4.79 Å². The average molecular weight is 361 g/mol. The molecule has 126 valence electrons. The predicted octanol–water partition coefficient (Wildman–Crippen LogP) is 1.66. The van der Waals surface area contributed by atoms with Crippen molar-refractivity contribution in [3.05, 3.63) is 48.0 Å². The second-order valence-electron chi connectivity index (χ2n) is 5.62. The van der Waals surface area contributed by atoms with Gasteiger partial charge in [0.1, 0.15) is 18.7 Å². The van der Waals surface area contributed by atoms with Gasteiger partial charge in [-0.2, -0.15) is 16.9 Å². The van der Waals surface area contributed by atoms with Crippen molar-refractivity contribution in [2.75, 3.05) is 12.0 Å². The van der Waals surface area contributed by atoms with Gasteiger partial charge in [0.05, 0.1) is 13.1 Å². The number of carbonyl (C=O) groups is 1. The quantitative estimate of drug-likeness (QED) is 0.757. The summed E-state index contributed by atoms with van der Waals surface area (Å²) in [7, 11) is 0. The highest BCUT2D eigenvalue weighted by molar-refractivity contribution is 7.98. The molecule has 1 aromatic carbocycles. The topological polar surface area (TPSA) is 63.1 Å². The van der Waals surface area contributed by atoms with Crippen LogP contribution >= 0.6 is 24.0 Å². The molecule has 1 aliphatic heterocycles. The van der Waals surface area contributed by atoms with Crippen molar-refractivity contribution in [3.63, 3.8) is 0 Å². The number of rotatable bonds is 7. The second-order valence-corrected chi connectivity index (χ2v) is 6.99. The van der Waals surface area contributed by atoms with Crippen LogP contribution in [0.3, 0.4) is 0 Å². The number of aromatic nitrogens is 3. The van der Waals surface area contributed by atoms with Gasteiger partial charge in [-0.15, -0.1) is 0 Å². The molecule has 2 aromatic rings. The predicted molar refractivity (Wildman–Crippen MR) is 98.6 cm³/mol. The summed E-state index contributed by atoms with van der Waals surface area (Å²) in [6.07, 6.45) is 6.05. The molecule has 0 aliphatic carbocycles. The third-order valence-corrected chi connectivity index (χ3v) is 4.87. The first-order valence-corrected chi connectivity index (χ1v) is 9.48. The molecule has 1 saturated heterocycles. The first-order chi connectivity index (χ1) is 11.7. The number of thiocarbonyl (C=S) groups is 1. The largest absolute Gasteiger partial charge is 0.350 e. The monoisotopic (exact) mass is 361 g/mol. The highest BCUT2D eigenvalue weighted by Crippen LogP contribution is 2.16. The fraction of sp³-hybridized carbons (Fsp3) is 0.375. The zero-order valence-corrected chi connectivity index (χ0v) is 15.0. The Balaban J connectivity index is 1.61. The SMILES string of the molecule is CSCC[C@H]1NC(=S)N(Cc2ccc(Cn3cncn3)cc2)C1=O. The van der Waals surface area contributed by atoms with Crippen molar-refractivity contribution < 1.29 is 4.79 Å². The molecule has 8 heteroatoms. The minimum atomic E-state index is -0.184. The Labute approximate surface area is 150 Å². The zero-order valence-electron chi connectivity index (χ0n) is 13.4. The molecule has 2 heterocycles. The molecule has 0 bridgehead atoms. The van der Waals surface area contributed by atoms with E-state index < -0.39 is 0 Å². The fourth-order valence-electron chi connectivity index (χ4n) is 2.59. The number of carbonyl (C=O) groups excluding carboxylic acids is 1. The number of hydrogen-bond acceptors (Lipinski definition) is 5. The van der Waals surface area contributed by atoms with Gasteiger partial charge >= 0.3 is 0 Å². The lowest BCUT2D eigenvalue weighted by atomic mass is 10.1. The van der Waals surface area contributed by atoms with E-state index >= 15 is 0 Å². The molecular formula is C16H19N5OS2. The maximum absolute atomic E-state index is 12.5. The number of benzene rings is 1. The Morgan fingerprint density at radius 3 is 2.58 bits per heavy atom. The van der Waals surface area contributed by atoms with Gasteiger partial charge < -0.3 is 5.32 Å². The van der Waals surface area contributed by atoms with Gasteiger partial charge in [0.2, 0.25) is 0 Å². The van der Waals surface area contributed by atoms with Gasteiger partial charge in [0.25, 0.3) is 5.91 Å². The van der Waals surface area contributed by atoms with Crippen LogP contribution in [0.5, 0.6) is 0 Å². The summed E-state index contributed by atoms with van der Waals surface area (Å²) >= 11 is 7.05. The van der Waals surface area contributed by atoms with Gasteiger partial charge in [-0.1, -0.05) is 24.3 Å². The lowest BCUT2D eigenvalue weighted by Gasteiger charge is -2.15. The van der Waals surface area contributed by atoms with Gasteiger partial charge in [-0.05, 0) is 41.8 Å². The zero-order chi connectivity index (χ0) is 16.9. The molecule has 1 aliphatic rings. The van der Waals surface area contributed by atoms with Gasteiger partial charge in [-0.3, -0.25) is 9.69 Å². The third-order valence-electron chi connectivity index (χ3n) is 3.89. The van der Waals surface area contributed by atoms with E-state index in [1.165, 1.54) is 6.33 Å². The Morgan fingerprint density at radius 2 is 1.96 bits per heavy atom. The maximum Gasteiger partial charge on any atom is 0.251 e. The highest BCUT2D eigenvalue weighted by atomic mass is 32.2. The van der Waals surface area contributed by atoms with Crippen LogP contribution in [-0.4, -0.2) is 48.7 Å². The lowest BCUT2D eigenvalue weighted by molar-refractivity contribution is -0.127. The molecule has 0 spiro atoms. The summed E-state index contributed by atoms with van der Waals surface area (Å²) in [5.74, 6) is 1.01. The molecule has 0 radical (unpaired) electrons. The summed E-state index contributed by atoms with van der Waals surface area (Å²) in [6.45, 7) is 1.18. The van der Waals surface area contributed by atoms with E-state index in [2.05, 4.69) is 15.4 Å². The molecule has 1 aromatic heterocycles. The molecule has 0 saturated carbocycles. The summed E-state index contributed by atoms with van der Waals surface area (Å²) in [5, 5.41) is 7.75. The smallest absolute Gasteiger partial charge is 0.251 e. The first kappa shape index (κ1) is 16.9. The van der Waals surface area contributed by atoms with Crippen molar-refractivity contribution in [3.8, 4) is 0 Å². The van der Waals surface area contributed by atoms with E-state index in [-0.39, 0.29) is 11.9 Å². The number of hydrogen-bond donors (Lipinski definition) is 1. The normalized spacial score (nSPS) is 17.4. The molecule has 0 unspecified atom stereocenters. The molecule has 3 rings (SSSR count). The Kier molecular flexibility index (Phi) is 5.47. The van der Waals surface area contributed by atoms with Crippen LogP contribution in [0, 0.1) is 0 Å². The van der Waals surface area contributed by atoms with E-state index in [4.69, 9.17) is 12.2 Å². The Hall–Kier alpha value is -1.93. The minimum Gasteiger partial charge on any atom is -0.350 e. The fourth-order valence-corrected chi connectivity index (χ4v) is 3.36. The molecule has 1 amide bonds. The van der Waals surface area contributed by atoms with Crippen LogP contribution in [0.25, 0.3) is 0 Å². The summed E-state index contributed by atoms with van der Waals surface area (Å²) in [6, 6.07) is 7.95. The second kappa shape index (κ2) is 7.76. The van der Waals surface area contributed by atoms with Crippen LogP contribution < -0.4 is 5.32 Å². The molecule has 1 N–H and O–H groups in total. The number of nitrogens with zero attached hydrogens (tertiary/aromatic N) is 4. The summed E-state index contributed by atoms with van der Waals surface area (Å²) in [4.78, 5) is 18.0. The van der Waals surface area contributed by atoms with Gasteiger partial charge in [0.15, 0.2) is 5.11 Å². The van der Waals surface area contributed by atoms with Crippen molar-refractivity contribution in [2.24, 2.45) is 0 Å². The number of amides is 1. The van der Waals surface area contributed by atoms with E-state index in [1.54, 1.807) is 27.7 Å². The van der Waals surface area contributed by atoms with Crippen molar-refractivity contribution >= 4 is 35.0 Å². The van der Waals surface area contributed by atoms with Gasteiger partial charge in [0, 0.05) is 0 Å². The average Bonchev–Trinajstić information content (AvgIpc) is 3.18. The van der Waals surface area contributed by atoms with Crippen molar-refractivity contribution in [2.45, 2.75) is 25.6 Å². The first-order valence-electron chi connectivity index (χ1n) is 7.68.